The first-order chi connectivity index (χ1) is 10.1. The third-order valence-electron chi connectivity index (χ3n) is 4.49. The lowest BCUT2D eigenvalue weighted by atomic mass is 9.89. The Hall–Kier alpha value is -1.55. The average molecular weight is 289 g/mol. The maximum Gasteiger partial charge on any atom is 0.241 e. The molecule has 0 aromatic heterocycles. The fraction of sp³-hybridized carbons (Fsp3) is 0.588. The fourth-order valence-corrected chi connectivity index (χ4v) is 2.95. The summed E-state index contributed by atoms with van der Waals surface area (Å²) < 4.78 is 0. The molecule has 1 saturated carbocycles. The number of carbonyl (C=O) groups excluding carboxylic acids is 1. The summed E-state index contributed by atoms with van der Waals surface area (Å²) in [6.07, 6.45) is 6.65. The zero-order chi connectivity index (χ0) is 15.2. The van der Waals surface area contributed by atoms with E-state index in [1.54, 1.807) is 12.1 Å². The number of hydrogen-bond donors (Lipinski definition) is 2. The van der Waals surface area contributed by atoms with Crippen molar-refractivity contribution < 1.29 is 4.79 Å². The van der Waals surface area contributed by atoms with Crippen LogP contribution in [-0.2, 0) is 4.79 Å². The van der Waals surface area contributed by atoms with Crippen LogP contribution in [0.4, 0.5) is 11.4 Å². The quantitative estimate of drug-likeness (QED) is 0.819. The van der Waals surface area contributed by atoms with Crippen LogP contribution in [0, 0.1) is 5.92 Å². The van der Waals surface area contributed by atoms with Crippen molar-refractivity contribution >= 4 is 17.3 Å². The van der Waals surface area contributed by atoms with E-state index in [1.807, 2.05) is 26.1 Å². The molecule has 0 aliphatic heterocycles. The first-order valence-electron chi connectivity index (χ1n) is 7.93. The van der Waals surface area contributed by atoms with Crippen molar-refractivity contribution in [3.05, 3.63) is 24.3 Å². The van der Waals surface area contributed by atoms with Crippen molar-refractivity contribution in [2.75, 3.05) is 24.6 Å². The summed E-state index contributed by atoms with van der Waals surface area (Å²) >= 11 is 0. The molecular weight excluding hydrogens is 262 g/mol. The minimum atomic E-state index is -0.121. The molecule has 0 saturated heterocycles. The van der Waals surface area contributed by atoms with Gasteiger partial charge in [-0.3, -0.25) is 9.69 Å². The van der Waals surface area contributed by atoms with Gasteiger partial charge in [-0.15, -0.1) is 0 Å². The van der Waals surface area contributed by atoms with Gasteiger partial charge in [-0.05, 0) is 57.0 Å². The lowest BCUT2D eigenvalue weighted by Crippen LogP contribution is -2.42. The molecule has 1 unspecified atom stereocenters. The predicted octanol–water partition coefficient (Wildman–Crippen LogP) is 3.11. The number of nitrogens with zero attached hydrogens (tertiary/aromatic N) is 1. The van der Waals surface area contributed by atoms with Crippen molar-refractivity contribution in [3.8, 4) is 0 Å². The van der Waals surface area contributed by atoms with E-state index in [9.17, 15) is 4.79 Å². The van der Waals surface area contributed by atoms with E-state index >= 15 is 0 Å². The van der Waals surface area contributed by atoms with E-state index in [2.05, 4.69) is 10.2 Å². The zero-order valence-corrected chi connectivity index (χ0v) is 13.1. The fourth-order valence-electron chi connectivity index (χ4n) is 2.95. The highest BCUT2D eigenvalue weighted by molar-refractivity contribution is 5.94. The summed E-state index contributed by atoms with van der Waals surface area (Å²) in [5.41, 5.74) is 7.15. The number of hydrogen-bond acceptors (Lipinski definition) is 3. The normalized spacial score (nSPS) is 17.7. The van der Waals surface area contributed by atoms with E-state index in [0.717, 1.165) is 18.2 Å². The van der Waals surface area contributed by atoms with Gasteiger partial charge >= 0.3 is 0 Å². The van der Waals surface area contributed by atoms with Gasteiger partial charge < -0.3 is 11.1 Å². The third kappa shape index (κ3) is 4.74. The first kappa shape index (κ1) is 15.8. The second-order valence-electron chi connectivity index (χ2n) is 6.23. The average Bonchev–Trinajstić information content (AvgIpc) is 2.49. The van der Waals surface area contributed by atoms with E-state index < -0.39 is 0 Å². The van der Waals surface area contributed by atoms with E-state index in [0.29, 0.717) is 5.69 Å². The highest BCUT2D eigenvalue weighted by Crippen LogP contribution is 2.24. The van der Waals surface area contributed by atoms with Crippen LogP contribution in [0.3, 0.4) is 0 Å². The molecule has 1 amide bonds. The Kier molecular flexibility index (Phi) is 5.62. The van der Waals surface area contributed by atoms with Gasteiger partial charge in [-0.2, -0.15) is 0 Å². The van der Waals surface area contributed by atoms with Crippen LogP contribution < -0.4 is 11.1 Å². The topological polar surface area (TPSA) is 58.4 Å². The van der Waals surface area contributed by atoms with E-state index in [1.165, 1.54) is 32.1 Å². The van der Waals surface area contributed by atoms with Crippen molar-refractivity contribution in [2.24, 2.45) is 5.92 Å². The second-order valence-corrected chi connectivity index (χ2v) is 6.23. The summed E-state index contributed by atoms with van der Waals surface area (Å²) in [5, 5.41) is 2.95. The molecule has 1 aliphatic rings. The van der Waals surface area contributed by atoms with Crippen LogP contribution in [-0.4, -0.2) is 30.4 Å². The number of carbonyl (C=O) groups is 1. The van der Waals surface area contributed by atoms with Gasteiger partial charge in [0.15, 0.2) is 0 Å². The molecule has 3 N–H and O–H groups in total. The number of likely N-dealkylation sites (N-methyl/N-ethyl adjacent to an activating group) is 1. The number of nitrogen functional groups attached to an aromatic ring is 1. The highest BCUT2D eigenvalue weighted by atomic mass is 16.2. The lowest BCUT2D eigenvalue weighted by molar-refractivity contribution is -0.120. The number of amides is 1. The monoisotopic (exact) mass is 289 g/mol. The summed E-state index contributed by atoms with van der Waals surface area (Å²) in [6, 6.07) is 7.14. The molecule has 1 aliphatic carbocycles. The Morgan fingerprint density at radius 1 is 1.29 bits per heavy atom. The predicted molar refractivity (Wildman–Crippen MR) is 88.2 cm³/mol. The summed E-state index contributed by atoms with van der Waals surface area (Å²) in [7, 11) is 2.04. The van der Waals surface area contributed by atoms with Gasteiger partial charge in [0.2, 0.25) is 5.91 Å². The van der Waals surface area contributed by atoms with Gasteiger partial charge in [0.1, 0.15) is 0 Å². The van der Waals surface area contributed by atoms with Gasteiger partial charge in [0.25, 0.3) is 0 Å². The molecule has 0 heterocycles. The van der Waals surface area contributed by atoms with Gasteiger partial charge in [0.05, 0.1) is 6.04 Å². The summed E-state index contributed by atoms with van der Waals surface area (Å²) in [4.78, 5) is 14.5. The van der Waals surface area contributed by atoms with E-state index in [-0.39, 0.29) is 11.9 Å². The van der Waals surface area contributed by atoms with Crippen molar-refractivity contribution in [2.45, 2.75) is 45.1 Å². The van der Waals surface area contributed by atoms with E-state index in [4.69, 9.17) is 5.73 Å². The maximum absolute atomic E-state index is 12.3. The Bertz CT molecular complexity index is 452. The van der Waals surface area contributed by atoms with Crippen molar-refractivity contribution in [1.29, 1.82) is 0 Å². The molecular formula is C17H27N3O. The Labute approximate surface area is 127 Å². The zero-order valence-electron chi connectivity index (χ0n) is 13.1. The van der Waals surface area contributed by atoms with Crippen LogP contribution in [0.25, 0.3) is 0 Å². The number of anilines is 2. The largest absolute Gasteiger partial charge is 0.399 e. The Balaban J connectivity index is 1.84. The van der Waals surface area contributed by atoms with Crippen LogP contribution in [0.5, 0.6) is 0 Å². The molecule has 0 radical (unpaired) electrons. The molecule has 21 heavy (non-hydrogen) atoms. The Morgan fingerprint density at radius 2 is 1.90 bits per heavy atom. The number of nitrogens with one attached hydrogen (secondary N) is 1. The molecule has 1 fully saturated rings. The van der Waals surface area contributed by atoms with Gasteiger partial charge in [-0.1, -0.05) is 19.3 Å². The van der Waals surface area contributed by atoms with Crippen LogP contribution in [0.2, 0.25) is 0 Å². The third-order valence-corrected chi connectivity index (χ3v) is 4.49. The molecule has 2 rings (SSSR count). The number of benzene rings is 1. The maximum atomic E-state index is 12.3. The van der Waals surface area contributed by atoms with Crippen LogP contribution in [0.15, 0.2) is 24.3 Å². The molecule has 116 valence electrons. The summed E-state index contributed by atoms with van der Waals surface area (Å²) in [5.74, 6) is 0.786. The smallest absolute Gasteiger partial charge is 0.241 e. The summed E-state index contributed by atoms with van der Waals surface area (Å²) in [6.45, 7) is 2.98. The van der Waals surface area contributed by atoms with Crippen LogP contribution in [0.1, 0.15) is 39.0 Å². The Morgan fingerprint density at radius 3 is 2.52 bits per heavy atom. The van der Waals surface area contributed by atoms with Gasteiger partial charge in [0, 0.05) is 17.9 Å². The molecule has 1 aromatic rings. The molecule has 1 aromatic carbocycles. The SMILES string of the molecule is CC(C(=O)Nc1ccc(N)cc1)N(C)CC1CCCCC1. The molecule has 0 spiro atoms. The number of nitrogens with two attached hydrogens (primary N) is 1. The molecule has 4 nitrogen and oxygen atoms in total. The molecule has 0 bridgehead atoms. The minimum Gasteiger partial charge on any atom is -0.399 e. The standard InChI is InChI=1S/C17H27N3O/c1-13(20(2)12-14-6-4-3-5-7-14)17(21)19-16-10-8-15(18)9-11-16/h8-11,13-14H,3-7,12,18H2,1-2H3,(H,19,21). The van der Waals surface area contributed by atoms with Crippen molar-refractivity contribution in [1.82, 2.24) is 4.90 Å². The van der Waals surface area contributed by atoms with Crippen molar-refractivity contribution in [3.63, 3.8) is 0 Å². The molecule has 1 atom stereocenters. The lowest BCUT2D eigenvalue weighted by Gasteiger charge is -2.30. The van der Waals surface area contributed by atoms with Gasteiger partial charge in [-0.25, -0.2) is 0 Å². The second kappa shape index (κ2) is 7.46. The molecule has 4 heteroatoms. The van der Waals surface area contributed by atoms with Crippen LogP contribution >= 0.6 is 0 Å². The number of rotatable bonds is 5. The minimum absolute atomic E-state index is 0.0399. The highest BCUT2D eigenvalue weighted by Gasteiger charge is 2.22. The first-order valence-corrected chi connectivity index (χ1v) is 7.93.